The van der Waals surface area contributed by atoms with E-state index in [9.17, 15) is 18.0 Å². The Morgan fingerprint density at radius 1 is 1.05 bits per heavy atom. The molecule has 4 aromatic heterocycles. The average molecular weight is 608 g/mol. The van der Waals surface area contributed by atoms with Gasteiger partial charge in [-0.25, -0.2) is 4.98 Å². The van der Waals surface area contributed by atoms with E-state index >= 15 is 0 Å². The molecule has 0 aromatic carbocycles. The van der Waals surface area contributed by atoms with E-state index in [1.807, 2.05) is 24.0 Å². The fourth-order valence-electron chi connectivity index (χ4n) is 6.10. The molecule has 2 aliphatic rings. The van der Waals surface area contributed by atoms with Crippen molar-refractivity contribution in [3.05, 3.63) is 77.1 Å². The van der Waals surface area contributed by atoms with Crippen LogP contribution in [0.4, 0.5) is 13.2 Å². The number of halogens is 3. The van der Waals surface area contributed by atoms with Gasteiger partial charge in [-0.15, -0.1) is 0 Å². The number of carbonyl (C=O) groups excluding carboxylic acids is 1. The van der Waals surface area contributed by atoms with E-state index in [0.717, 1.165) is 48.8 Å². The molecule has 0 saturated carbocycles. The Bertz CT molecular complexity index is 1630. The summed E-state index contributed by atoms with van der Waals surface area (Å²) in [4.78, 5) is 35.8. The van der Waals surface area contributed by atoms with Crippen LogP contribution in [0, 0.1) is 0 Å². The zero-order chi connectivity index (χ0) is 30.8. The van der Waals surface area contributed by atoms with Gasteiger partial charge < -0.3 is 19.5 Å². The number of rotatable bonds is 8. The molecule has 1 atom stereocenters. The van der Waals surface area contributed by atoms with Crippen LogP contribution in [0.25, 0.3) is 11.0 Å². The van der Waals surface area contributed by atoms with E-state index in [1.165, 1.54) is 6.20 Å². The Kier molecular flexibility index (Phi) is 8.55. The van der Waals surface area contributed by atoms with Crippen LogP contribution in [0.5, 0.6) is 11.5 Å². The number of piperazine rings is 1. The minimum atomic E-state index is -4.56. The minimum Gasteiger partial charge on any atom is -0.455 e. The van der Waals surface area contributed by atoms with Crippen LogP contribution in [-0.2, 0) is 30.5 Å². The van der Waals surface area contributed by atoms with Gasteiger partial charge in [-0.2, -0.15) is 13.2 Å². The van der Waals surface area contributed by atoms with Crippen molar-refractivity contribution in [2.75, 3.05) is 39.3 Å². The number of aromatic nitrogens is 4. The van der Waals surface area contributed by atoms with Gasteiger partial charge in [0.1, 0.15) is 17.1 Å². The SMILES string of the molecule is CC[C@@H]1CN(C(=O)Cc2cnc(CN3CCN(CC)CC3)c(C(F)(F)F)c2)Cc2cc(Oc3ccnc4[nH]ccc34)cnc21. The second kappa shape index (κ2) is 12.5. The molecular formula is C32H36F3N7O2. The maximum atomic E-state index is 14.1. The number of fused-ring (bicyclic) bond motifs is 2. The smallest absolute Gasteiger partial charge is 0.418 e. The largest absolute Gasteiger partial charge is 0.455 e. The second-order valence-corrected chi connectivity index (χ2v) is 11.5. The van der Waals surface area contributed by atoms with Crippen LogP contribution >= 0.6 is 0 Å². The lowest BCUT2D eigenvalue weighted by Crippen LogP contribution is -2.45. The third-order valence-corrected chi connectivity index (χ3v) is 8.63. The highest BCUT2D eigenvalue weighted by Gasteiger charge is 2.36. The molecule has 1 amide bonds. The first-order valence-electron chi connectivity index (χ1n) is 15.1. The summed E-state index contributed by atoms with van der Waals surface area (Å²) in [5.74, 6) is 0.927. The molecule has 0 unspecified atom stereocenters. The first-order chi connectivity index (χ1) is 21.2. The van der Waals surface area contributed by atoms with Crippen molar-refractivity contribution in [3.63, 3.8) is 0 Å². The zero-order valence-electron chi connectivity index (χ0n) is 24.9. The summed E-state index contributed by atoms with van der Waals surface area (Å²) in [6, 6.07) is 6.65. The highest BCUT2D eigenvalue weighted by molar-refractivity contribution is 5.82. The number of nitrogens with zero attached hydrogens (tertiary/aromatic N) is 6. The summed E-state index contributed by atoms with van der Waals surface area (Å²) in [6.07, 6.45) is 2.60. The third-order valence-electron chi connectivity index (χ3n) is 8.63. The lowest BCUT2D eigenvalue weighted by Gasteiger charge is -2.34. The lowest BCUT2D eigenvalue weighted by atomic mass is 9.92. The molecule has 1 saturated heterocycles. The summed E-state index contributed by atoms with van der Waals surface area (Å²) in [5, 5.41) is 0.838. The Hall–Kier alpha value is -4.03. The number of aromatic amines is 1. The number of hydrogen-bond acceptors (Lipinski definition) is 7. The van der Waals surface area contributed by atoms with Gasteiger partial charge >= 0.3 is 6.18 Å². The quantitative estimate of drug-likeness (QED) is 0.288. The van der Waals surface area contributed by atoms with Crippen molar-refractivity contribution < 1.29 is 22.7 Å². The molecule has 0 aliphatic carbocycles. The maximum absolute atomic E-state index is 14.1. The fraction of sp³-hybridized carbons (Fsp3) is 0.438. The number of H-pyrrole nitrogens is 1. The van der Waals surface area contributed by atoms with Gasteiger partial charge in [0.25, 0.3) is 0 Å². The number of carbonyl (C=O) groups is 1. The lowest BCUT2D eigenvalue weighted by molar-refractivity contribution is -0.139. The van der Waals surface area contributed by atoms with Crippen molar-refractivity contribution in [1.29, 1.82) is 0 Å². The van der Waals surface area contributed by atoms with Gasteiger partial charge in [0.2, 0.25) is 5.91 Å². The van der Waals surface area contributed by atoms with E-state index in [4.69, 9.17) is 9.72 Å². The van der Waals surface area contributed by atoms with E-state index in [1.54, 1.807) is 29.6 Å². The predicted octanol–water partition coefficient (Wildman–Crippen LogP) is 5.38. The third kappa shape index (κ3) is 6.41. The highest BCUT2D eigenvalue weighted by atomic mass is 19.4. The molecule has 0 radical (unpaired) electrons. The van der Waals surface area contributed by atoms with Crippen molar-refractivity contribution in [1.82, 2.24) is 34.6 Å². The molecule has 6 rings (SSSR count). The summed E-state index contributed by atoms with van der Waals surface area (Å²) in [6.45, 7) is 8.97. The average Bonchev–Trinajstić information content (AvgIpc) is 3.51. The predicted molar refractivity (Wildman–Crippen MR) is 159 cm³/mol. The molecule has 2 aliphatic heterocycles. The van der Waals surface area contributed by atoms with Crippen LogP contribution in [0.3, 0.4) is 0 Å². The van der Waals surface area contributed by atoms with Gasteiger partial charge in [-0.3, -0.25) is 19.7 Å². The molecule has 44 heavy (non-hydrogen) atoms. The Morgan fingerprint density at radius 2 is 1.84 bits per heavy atom. The summed E-state index contributed by atoms with van der Waals surface area (Å²) >= 11 is 0. The molecular weight excluding hydrogens is 571 g/mol. The van der Waals surface area contributed by atoms with E-state index in [0.29, 0.717) is 43.3 Å². The maximum Gasteiger partial charge on any atom is 0.418 e. The number of amides is 1. The molecule has 9 nitrogen and oxygen atoms in total. The van der Waals surface area contributed by atoms with Crippen molar-refractivity contribution in [3.8, 4) is 11.5 Å². The number of pyridine rings is 3. The van der Waals surface area contributed by atoms with E-state index in [-0.39, 0.29) is 36.0 Å². The fourth-order valence-corrected chi connectivity index (χ4v) is 6.10. The molecule has 6 heterocycles. The zero-order valence-corrected chi connectivity index (χ0v) is 24.9. The van der Waals surface area contributed by atoms with Crippen LogP contribution in [0.2, 0.25) is 0 Å². The minimum absolute atomic E-state index is 0.00121. The first kappa shape index (κ1) is 30.0. The molecule has 1 N–H and O–H groups in total. The topological polar surface area (TPSA) is 90.5 Å². The number of alkyl halides is 3. The van der Waals surface area contributed by atoms with E-state index in [2.05, 4.69) is 26.8 Å². The van der Waals surface area contributed by atoms with Crippen molar-refractivity contribution >= 4 is 16.9 Å². The summed E-state index contributed by atoms with van der Waals surface area (Å²) in [7, 11) is 0. The van der Waals surface area contributed by atoms with Gasteiger partial charge in [-0.05, 0) is 48.4 Å². The standard InChI is InChI=1S/C32H36F3N7O2/c1-3-22-18-42(19-23-15-24(17-39-30(22)23)44-28-6-8-37-31-25(28)5-7-36-31)29(43)14-21-13-26(32(33,34)35)27(38-16-21)20-41-11-9-40(4-2)10-12-41/h5-8,13,15-17,22H,3-4,9-12,14,18-20H2,1-2H3,(H,36,37)/t22-/m1/s1. The van der Waals surface area contributed by atoms with Gasteiger partial charge in [-0.1, -0.05) is 13.8 Å². The number of hydrogen-bond donors (Lipinski definition) is 1. The Labute approximate surface area is 254 Å². The van der Waals surface area contributed by atoms with Crippen molar-refractivity contribution in [2.24, 2.45) is 0 Å². The number of likely N-dealkylation sites (N-methyl/N-ethyl adjacent to an activating group) is 1. The molecule has 0 bridgehead atoms. The number of ether oxygens (including phenoxy) is 1. The summed E-state index contributed by atoms with van der Waals surface area (Å²) < 4.78 is 48.5. The number of nitrogens with one attached hydrogen (secondary N) is 1. The van der Waals surface area contributed by atoms with Crippen LogP contribution < -0.4 is 4.74 Å². The van der Waals surface area contributed by atoms with Gasteiger partial charge in [0.15, 0.2) is 0 Å². The molecule has 1 fully saturated rings. The van der Waals surface area contributed by atoms with Gasteiger partial charge in [0, 0.05) is 70.3 Å². The van der Waals surface area contributed by atoms with Crippen LogP contribution in [0.15, 0.2) is 49.1 Å². The Morgan fingerprint density at radius 3 is 2.59 bits per heavy atom. The van der Waals surface area contributed by atoms with Crippen LogP contribution in [-0.4, -0.2) is 79.8 Å². The summed E-state index contributed by atoms with van der Waals surface area (Å²) in [5.41, 5.74) is 1.97. The first-order valence-corrected chi connectivity index (χ1v) is 15.1. The molecule has 232 valence electrons. The highest BCUT2D eigenvalue weighted by Crippen LogP contribution is 2.35. The van der Waals surface area contributed by atoms with Crippen molar-refractivity contribution in [2.45, 2.75) is 51.9 Å². The Balaban J connectivity index is 1.17. The second-order valence-electron chi connectivity index (χ2n) is 11.5. The van der Waals surface area contributed by atoms with E-state index < -0.39 is 11.7 Å². The molecule has 12 heteroatoms. The molecule has 4 aromatic rings. The van der Waals surface area contributed by atoms with Gasteiger partial charge in [0.05, 0.1) is 35.0 Å². The normalized spacial score (nSPS) is 18.0. The monoisotopic (exact) mass is 607 g/mol. The van der Waals surface area contributed by atoms with Crippen LogP contribution in [0.1, 0.15) is 54.3 Å². The molecule has 0 spiro atoms.